The summed E-state index contributed by atoms with van der Waals surface area (Å²) in [6, 6.07) is 0. The van der Waals surface area contributed by atoms with E-state index in [2.05, 4.69) is 42.6 Å². The minimum Gasteiger partial charge on any atom is -0.418 e. The summed E-state index contributed by atoms with van der Waals surface area (Å²) in [6.07, 6.45) is 1.69. The molecular weight excluding hydrogens is 243 g/mol. The third kappa shape index (κ3) is 6.80. The van der Waals surface area contributed by atoms with Crippen molar-refractivity contribution >= 4 is 31.6 Å². The number of hydrogen-bond donors (Lipinski definition) is 0. The Hall–Kier alpha value is 0.907. The molecule has 0 rings (SSSR count). The van der Waals surface area contributed by atoms with Crippen LogP contribution in [0.3, 0.4) is 0 Å². The van der Waals surface area contributed by atoms with Crippen LogP contribution in [0, 0.1) is 0 Å². The zero-order chi connectivity index (χ0) is 7.28. The zero-order valence-corrected chi connectivity index (χ0v) is 9.67. The van der Waals surface area contributed by atoms with E-state index in [-0.39, 0.29) is 0 Å². The quantitative estimate of drug-likeness (QED) is 0.427. The molecule has 0 spiro atoms. The second-order valence-electron chi connectivity index (χ2n) is 2.47. The first-order chi connectivity index (χ1) is 4.16. The molecule has 0 N–H and O–H groups in total. The van der Waals surface area contributed by atoms with E-state index in [1.807, 2.05) is 0 Å². The minimum atomic E-state index is -0.763. The molecule has 3 heteroatoms. The topological polar surface area (TPSA) is 9.23 Å². The Morgan fingerprint density at radius 2 is 2.11 bits per heavy atom. The van der Waals surface area contributed by atoms with Gasteiger partial charge in [-0.2, -0.15) is 0 Å². The van der Waals surface area contributed by atoms with Gasteiger partial charge in [-0.05, 0) is 26.4 Å². The van der Waals surface area contributed by atoms with Crippen molar-refractivity contribution in [2.75, 3.05) is 4.43 Å². The summed E-state index contributed by atoms with van der Waals surface area (Å²) >= 11 is 2.38. The van der Waals surface area contributed by atoms with Crippen LogP contribution in [-0.2, 0) is 4.43 Å². The molecule has 0 saturated carbocycles. The number of hydrogen-bond acceptors (Lipinski definition) is 1. The van der Waals surface area contributed by atoms with E-state index < -0.39 is 9.04 Å². The predicted molar refractivity (Wildman–Crippen MR) is 52.9 cm³/mol. The highest BCUT2D eigenvalue weighted by Crippen LogP contribution is 2.01. The Labute approximate surface area is 73.0 Å². The standard InChI is InChI=1S/C6H15IOSi/c1-6(4-5-7)8-9(2)3/h6,9H,4-5H2,1-3H3/t6-/m0/s1. The summed E-state index contributed by atoms with van der Waals surface area (Å²) in [7, 11) is -0.763. The van der Waals surface area contributed by atoms with E-state index in [1.54, 1.807) is 0 Å². The molecule has 0 aromatic rings. The largest absolute Gasteiger partial charge is 0.418 e. The summed E-state index contributed by atoms with van der Waals surface area (Å²) in [4.78, 5) is 0. The second-order valence-corrected chi connectivity index (χ2v) is 5.92. The van der Waals surface area contributed by atoms with Crippen LogP contribution < -0.4 is 0 Å². The lowest BCUT2D eigenvalue weighted by atomic mass is 10.3. The number of rotatable bonds is 4. The van der Waals surface area contributed by atoms with Gasteiger partial charge in [-0.15, -0.1) is 0 Å². The van der Waals surface area contributed by atoms with Gasteiger partial charge in [-0.1, -0.05) is 22.6 Å². The second kappa shape index (κ2) is 5.67. The van der Waals surface area contributed by atoms with Crippen molar-refractivity contribution in [1.29, 1.82) is 0 Å². The molecule has 9 heavy (non-hydrogen) atoms. The molecule has 0 aromatic carbocycles. The van der Waals surface area contributed by atoms with E-state index in [0.717, 1.165) is 0 Å². The lowest BCUT2D eigenvalue weighted by Gasteiger charge is -2.13. The van der Waals surface area contributed by atoms with Gasteiger partial charge in [0.25, 0.3) is 0 Å². The minimum absolute atomic E-state index is 0.494. The van der Waals surface area contributed by atoms with Crippen LogP contribution in [0.2, 0.25) is 13.1 Å². The number of halogens is 1. The van der Waals surface area contributed by atoms with E-state index in [4.69, 9.17) is 4.43 Å². The van der Waals surface area contributed by atoms with Crippen LogP contribution in [0.1, 0.15) is 13.3 Å². The molecule has 0 radical (unpaired) electrons. The Morgan fingerprint density at radius 1 is 1.56 bits per heavy atom. The van der Waals surface area contributed by atoms with Crippen molar-refractivity contribution in [3.05, 3.63) is 0 Å². The van der Waals surface area contributed by atoms with Crippen LogP contribution in [0.5, 0.6) is 0 Å². The van der Waals surface area contributed by atoms with Gasteiger partial charge in [0.2, 0.25) is 0 Å². The molecule has 0 fully saturated rings. The van der Waals surface area contributed by atoms with Gasteiger partial charge >= 0.3 is 0 Å². The summed E-state index contributed by atoms with van der Waals surface area (Å²) in [5, 5.41) is 0. The van der Waals surface area contributed by atoms with Crippen molar-refractivity contribution in [2.24, 2.45) is 0 Å². The molecule has 0 heterocycles. The summed E-state index contributed by atoms with van der Waals surface area (Å²) in [5.41, 5.74) is 0. The fourth-order valence-electron chi connectivity index (χ4n) is 0.686. The average molecular weight is 258 g/mol. The fourth-order valence-corrected chi connectivity index (χ4v) is 2.63. The van der Waals surface area contributed by atoms with Gasteiger partial charge in [-0.3, -0.25) is 0 Å². The predicted octanol–water partition coefficient (Wildman–Crippen LogP) is 2.20. The summed E-state index contributed by atoms with van der Waals surface area (Å²) in [5.74, 6) is 0. The fraction of sp³-hybridized carbons (Fsp3) is 1.00. The molecule has 0 aromatic heterocycles. The van der Waals surface area contributed by atoms with E-state index >= 15 is 0 Å². The average Bonchev–Trinajstić information content (AvgIpc) is 1.63. The van der Waals surface area contributed by atoms with Gasteiger partial charge in [0.1, 0.15) is 0 Å². The third-order valence-corrected chi connectivity index (χ3v) is 2.65. The molecule has 1 atom stereocenters. The van der Waals surface area contributed by atoms with Crippen LogP contribution >= 0.6 is 22.6 Å². The molecule has 0 aliphatic heterocycles. The lowest BCUT2D eigenvalue weighted by molar-refractivity contribution is 0.223. The van der Waals surface area contributed by atoms with E-state index in [0.29, 0.717) is 6.10 Å². The van der Waals surface area contributed by atoms with Crippen molar-refractivity contribution < 1.29 is 4.43 Å². The van der Waals surface area contributed by atoms with Gasteiger partial charge in [0, 0.05) is 10.5 Å². The molecule has 1 nitrogen and oxygen atoms in total. The molecule has 56 valence electrons. The van der Waals surface area contributed by atoms with Gasteiger partial charge < -0.3 is 4.43 Å². The molecule has 0 unspecified atom stereocenters. The SMILES string of the molecule is C[C@@H](CCI)O[SiH](C)C. The van der Waals surface area contributed by atoms with Crippen molar-refractivity contribution in [2.45, 2.75) is 32.5 Å². The van der Waals surface area contributed by atoms with Crippen LogP contribution in [0.4, 0.5) is 0 Å². The highest BCUT2D eigenvalue weighted by atomic mass is 127. The molecular formula is C6H15IOSi. The maximum absolute atomic E-state index is 5.62. The first-order valence-electron chi connectivity index (χ1n) is 3.38. The highest BCUT2D eigenvalue weighted by molar-refractivity contribution is 14.1. The highest BCUT2D eigenvalue weighted by Gasteiger charge is 2.02. The Bertz CT molecular complexity index is 68.1. The zero-order valence-electron chi connectivity index (χ0n) is 6.36. The maximum Gasteiger partial charge on any atom is 0.171 e. The van der Waals surface area contributed by atoms with Gasteiger partial charge in [0.15, 0.2) is 9.04 Å². The normalized spacial score (nSPS) is 14.3. The molecule has 0 aliphatic carbocycles. The van der Waals surface area contributed by atoms with E-state index in [1.165, 1.54) is 10.8 Å². The third-order valence-electron chi connectivity index (χ3n) is 1.02. The smallest absolute Gasteiger partial charge is 0.171 e. The van der Waals surface area contributed by atoms with E-state index in [9.17, 15) is 0 Å². The molecule has 0 bridgehead atoms. The first-order valence-corrected chi connectivity index (χ1v) is 7.69. The first kappa shape index (κ1) is 9.91. The van der Waals surface area contributed by atoms with Crippen molar-refractivity contribution in [3.63, 3.8) is 0 Å². The Balaban J connectivity index is 3.15. The van der Waals surface area contributed by atoms with Gasteiger partial charge in [-0.25, -0.2) is 0 Å². The summed E-state index contributed by atoms with van der Waals surface area (Å²) < 4.78 is 6.83. The Morgan fingerprint density at radius 3 is 2.44 bits per heavy atom. The molecule has 0 amide bonds. The van der Waals surface area contributed by atoms with Crippen molar-refractivity contribution in [1.82, 2.24) is 0 Å². The molecule has 0 saturated heterocycles. The maximum atomic E-state index is 5.62. The molecule has 0 aliphatic rings. The van der Waals surface area contributed by atoms with Gasteiger partial charge in [0.05, 0.1) is 0 Å². The lowest BCUT2D eigenvalue weighted by Crippen LogP contribution is -2.17. The Kier molecular flexibility index (Phi) is 6.25. The monoisotopic (exact) mass is 258 g/mol. The van der Waals surface area contributed by atoms with Crippen LogP contribution in [0.25, 0.3) is 0 Å². The number of alkyl halides is 1. The van der Waals surface area contributed by atoms with Crippen molar-refractivity contribution in [3.8, 4) is 0 Å². The summed E-state index contributed by atoms with van der Waals surface area (Å²) in [6.45, 7) is 6.58. The van der Waals surface area contributed by atoms with Crippen LogP contribution in [0.15, 0.2) is 0 Å². The van der Waals surface area contributed by atoms with Crippen LogP contribution in [-0.4, -0.2) is 19.6 Å².